The van der Waals surface area contributed by atoms with E-state index in [-0.39, 0.29) is 0 Å². The van der Waals surface area contributed by atoms with E-state index in [9.17, 15) is 0 Å². The minimum Gasteiger partial charge on any atom is -0.378 e. The second kappa shape index (κ2) is 6.51. The van der Waals surface area contributed by atoms with Crippen LogP contribution in [0, 0.1) is 11.3 Å². The molecule has 1 heterocycles. The van der Waals surface area contributed by atoms with Gasteiger partial charge < -0.3 is 9.88 Å². The molecule has 0 radical (unpaired) electrons. The number of rotatable bonds is 4. The zero-order valence-corrected chi connectivity index (χ0v) is 13.2. The van der Waals surface area contributed by atoms with Crippen molar-refractivity contribution in [1.82, 2.24) is 14.8 Å². The maximum absolute atomic E-state index is 9.01. The van der Waals surface area contributed by atoms with Crippen LogP contribution in [-0.2, 0) is 13.6 Å². The molecule has 0 atom stereocenters. The van der Waals surface area contributed by atoms with Crippen LogP contribution >= 0.6 is 11.6 Å². The van der Waals surface area contributed by atoms with Crippen LogP contribution in [0.15, 0.2) is 48.5 Å². The van der Waals surface area contributed by atoms with Gasteiger partial charge in [0.05, 0.1) is 17.1 Å². The van der Waals surface area contributed by atoms with Gasteiger partial charge in [0.2, 0.25) is 0 Å². The van der Waals surface area contributed by atoms with Crippen molar-refractivity contribution in [3.8, 4) is 17.5 Å². The number of benzene rings is 2. The van der Waals surface area contributed by atoms with Crippen molar-refractivity contribution in [3.05, 3.63) is 64.9 Å². The molecule has 0 saturated carbocycles. The van der Waals surface area contributed by atoms with Gasteiger partial charge in [0.15, 0.2) is 11.6 Å². The Hall–Kier alpha value is -2.84. The largest absolute Gasteiger partial charge is 0.378 e. The number of aromatic nitrogens is 3. The molecule has 6 heteroatoms. The first-order valence-electron chi connectivity index (χ1n) is 7.06. The predicted molar refractivity (Wildman–Crippen MR) is 89.9 cm³/mol. The molecule has 23 heavy (non-hydrogen) atoms. The van der Waals surface area contributed by atoms with Gasteiger partial charge in [0, 0.05) is 18.3 Å². The molecular weight excluding hydrogens is 310 g/mol. The fourth-order valence-corrected chi connectivity index (χ4v) is 2.42. The number of nitriles is 1. The second-order valence-electron chi connectivity index (χ2n) is 5.02. The van der Waals surface area contributed by atoms with E-state index in [2.05, 4.69) is 21.6 Å². The molecule has 1 aromatic heterocycles. The zero-order valence-electron chi connectivity index (χ0n) is 12.5. The first-order valence-corrected chi connectivity index (χ1v) is 7.44. The van der Waals surface area contributed by atoms with Crippen LogP contribution < -0.4 is 5.32 Å². The van der Waals surface area contributed by atoms with Gasteiger partial charge in [-0.15, -0.1) is 10.2 Å². The summed E-state index contributed by atoms with van der Waals surface area (Å²) in [6.07, 6.45) is 0. The average Bonchev–Trinajstić information content (AvgIpc) is 2.95. The normalized spacial score (nSPS) is 10.3. The van der Waals surface area contributed by atoms with Gasteiger partial charge in [-0.05, 0) is 18.2 Å². The van der Waals surface area contributed by atoms with Crippen LogP contribution in [0.1, 0.15) is 11.4 Å². The summed E-state index contributed by atoms with van der Waals surface area (Å²) in [5.74, 6) is 1.62. The topological polar surface area (TPSA) is 66.5 Å². The highest BCUT2D eigenvalue weighted by atomic mass is 35.5. The van der Waals surface area contributed by atoms with Gasteiger partial charge >= 0.3 is 0 Å². The molecule has 0 saturated heterocycles. The maximum Gasteiger partial charge on any atom is 0.163 e. The van der Waals surface area contributed by atoms with Gasteiger partial charge in [0.25, 0.3) is 0 Å². The SMILES string of the molecule is Cn1c(CNc2ccc(Cl)c(C#N)c2)nnc1-c1ccccc1. The summed E-state index contributed by atoms with van der Waals surface area (Å²) in [6, 6.07) is 17.2. The summed E-state index contributed by atoms with van der Waals surface area (Å²) >= 11 is 5.93. The van der Waals surface area contributed by atoms with Gasteiger partial charge in [-0.2, -0.15) is 5.26 Å². The van der Waals surface area contributed by atoms with E-state index in [1.807, 2.05) is 48.0 Å². The van der Waals surface area contributed by atoms with Crippen molar-refractivity contribution in [1.29, 1.82) is 5.26 Å². The standard InChI is InChI=1S/C17H14ClN5/c1-23-16(21-22-17(23)12-5-3-2-4-6-12)11-20-14-7-8-15(18)13(9-14)10-19/h2-9,20H,11H2,1H3. The van der Waals surface area contributed by atoms with Crippen molar-refractivity contribution in [3.63, 3.8) is 0 Å². The number of hydrogen-bond acceptors (Lipinski definition) is 4. The average molecular weight is 324 g/mol. The first kappa shape index (κ1) is 15.1. The molecule has 0 aliphatic carbocycles. The summed E-state index contributed by atoms with van der Waals surface area (Å²) in [5.41, 5.74) is 2.28. The van der Waals surface area contributed by atoms with Crippen molar-refractivity contribution < 1.29 is 0 Å². The lowest BCUT2D eigenvalue weighted by Gasteiger charge is -2.08. The van der Waals surface area contributed by atoms with Crippen LogP contribution in [0.5, 0.6) is 0 Å². The van der Waals surface area contributed by atoms with Gasteiger partial charge in [-0.3, -0.25) is 0 Å². The lowest BCUT2D eigenvalue weighted by molar-refractivity contribution is 0.817. The molecule has 0 aliphatic heterocycles. The quantitative estimate of drug-likeness (QED) is 0.796. The van der Waals surface area contributed by atoms with E-state index in [4.69, 9.17) is 16.9 Å². The maximum atomic E-state index is 9.01. The monoisotopic (exact) mass is 323 g/mol. The van der Waals surface area contributed by atoms with Crippen LogP contribution in [-0.4, -0.2) is 14.8 Å². The smallest absolute Gasteiger partial charge is 0.163 e. The summed E-state index contributed by atoms with van der Waals surface area (Å²) in [5, 5.41) is 21.2. The third-order valence-corrected chi connectivity index (χ3v) is 3.86. The molecule has 0 bridgehead atoms. The van der Waals surface area contributed by atoms with E-state index >= 15 is 0 Å². The van der Waals surface area contributed by atoms with E-state index in [0.717, 1.165) is 22.9 Å². The molecule has 3 rings (SSSR count). The highest BCUT2D eigenvalue weighted by Crippen LogP contribution is 2.21. The summed E-state index contributed by atoms with van der Waals surface area (Å²) < 4.78 is 1.95. The zero-order chi connectivity index (χ0) is 16.2. The van der Waals surface area contributed by atoms with E-state index in [1.165, 1.54) is 0 Å². The number of halogens is 1. The third-order valence-electron chi connectivity index (χ3n) is 3.53. The van der Waals surface area contributed by atoms with E-state index in [1.54, 1.807) is 12.1 Å². The lowest BCUT2D eigenvalue weighted by Crippen LogP contribution is -2.06. The summed E-state index contributed by atoms with van der Waals surface area (Å²) in [7, 11) is 1.93. The summed E-state index contributed by atoms with van der Waals surface area (Å²) in [4.78, 5) is 0. The predicted octanol–water partition coefficient (Wildman–Crippen LogP) is 3.62. The Labute approximate surface area is 139 Å². The van der Waals surface area contributed by atoms with Crippen molar-refractivity contribution >= 4 is 17.3 Å². The summed E-state index contributed by atoms with van der Waals surface area (Å²) in [6.45, 7) is 0.503. The molecular formula is C17H14ClN5. The van der Waals surface area contributed by atoms with Crippen LogP contribution in [0.3, 0.4) is 0 Å². The number of anilines is 1. The molecule has 0 spiro atoms. The highest BCUT2D eigenvalue weighted by Gasteiger charge is 2.10. The van der Waals surface area contributed by atoms with Gasteiger partial charge in [0.1, 0.15) is 6.07 Å². The Morgan fingerprint density at radius 2 is 1.96 bits per heavy atom. The number of nitrogens with one attached hydrogen (secondary N) is 1. The molecule has 0 fully saturated rings. The van der Waals surface area contributed by atoms with Gasteiger partial charge in [-0.25, -0.2) is 0 Å². The number of nitrogens with zero attached hydrogens (tertiary/aromatic N) is 4. The van der Waals surface area contributed by atoms with Crippen molar-refractivity contribution in [2.45, 2.75) is 6.54 Å². The van der Waals surface area contributed by atoms with E-state index < -0.39 is 0 Å². The Morgan fingerprint density at radius 1 is 1.17 bits per heavy atom. The first-order chi connectivity index (χ1) is 11.2. The fourth-order valence-electron chi connectivity index (χ4n) is 2.26. The van der Waals surface area contributed by atoms with Crippen LogP contribution in [0.2, 0.25) is 5.02 Å². The molecule has 114 valence electrons. The molecule has 0 amide bonds. The van der Waals surface area contributed by atoms with Crippen molar-refractivity contribution in [2.75, 3.05) is 5.32 Å². The van der Waals surface area contributed by atoms with Crippen molar-refractivity contribution in [2.24, 2.45) is 7.05 Å². The second-order valence-corrected chi connectivity index (χ2v) is 5.43. The molecule has 1 N–H and O–H groups in total. The highest BCUT2D eigenvalue weighted by molar-refractivity contribution is 6.31. The Bertz CT molecular complexity index is 864. The minimum atomic E-state index is 0.444. The van der Waals surface area contributed by atoms with E-state index in [0.29, 0.717) is 17.1 Å². The minimum absolute atomic E-state index is 0.444. The molecule has 0 aliphatic rings. The Kier molecular flexibility index (Phi) is 4.26. The molecule has 3 aromatic rings. The number of hydrogen-bond donors (Lipinski definition) is 1. The molecule has 5 nitrogen and oxygen atoms in total. The van der Waals surface area contributed by atoms with Crippen LogP contribution in [0.25, 0.3) is 11.4 Å². The third kappa shape index (κ3) is 3.17. The Morgan fingerprint density at radius 3 is 2.70 bits per heavy atom. The van der Waals surface area contributed by atoms with Crippen LogP contribution in [0.4, 0.5) is 5.69 Å². The lowest BCUT2D eigenvalue weighted by atomic mass is 10.2. The Balaban J connectivity index is 1.77. The van der Waals surface area contributed by atoms with Gasteiger partial charge in [-0.1, -0.05) is 41.9 Å². The molecule has 0 unspecified atom stereocenters. The molecule has 2 aromatic carbocycles. The fraction of sp³-hybridized carbons (Fsp3) is 0.118.